The van der Waals surface area contributed by atoms with Crippen molar-refractivity contribution in [2.45, 2.75) is 135 Å². The van der Waals surface area contributed by atoms with E-state index in [0.29, 0.717) is 35.6 Å². The van der Waals surface area contributed by atoms with E-state index in [9.17, 15) is 20.1 Å². The van der Waals surface area contributed by atoms with E-state index >= 15 is 0 Å². The number of hydroxylamine groups is 2. The van der Waals surface area contributed by atoms with Gasteiger partial charge in [-0.2, -0.15) is 5.06 Å². The molecule has 1 saturated heterocycles. The van der Waals surface area contributed by atoms with Crippen LogP contribution in [0, 0.1) is 58.7 Å². The lowest BCUT2D eigenvalue weighted by Crippen LogP contribution is -2.62. The molecule has 0 spiro atoms. The maximum Gasteiger partial charge on any atom is 0.240 e. The van der Waals surface area contributed by atoms with Crippen LogP contribution < -0.4 is 5.32 Å². The number of rotatable bonds is 7. The van der Waals surface area contributed by atoms with Gasteiger partial charge in [0.15, 0.2) is 0 Å². The lowest BCUT2D eigenvalue weighted by Gasteiger charge is -2.62. The number of carbonyl (C=O) groups excluding carboxylic acids is 1. The van der Waals surface area contributed by atoms with Crippen LogP contribution in [0.5, 0.6) is 0 Å². The lowest BCUT2D eigenvalue weighted by molar-refractivity contribution is -0.184. The van der Waals surface area contributed by atoms with E-state index in [2.05, 4.69) is 37.9 Å². The molecule has 1 aliphatic heterocycles. The van der Waals surface area contributed by atoms with Crippen LogP contribution in [-0.2, 0) is 9.63 Å². The fraction of sp³-hybridized carbons (Fsp3) is 0.912. The number of hydrogen-bond acceptors (Lipinski definition) is 6. The van der Waals surface area contributed by atoms with Gasteiger partial charge in [0.1, 0.15) is 17.7 Å². The van der Waals surface area contributed by atoms with Crippen molar-refractivity contribution in [2.75, 3.05) is 13.2 Å². The number of nitrogens with one attached hydrogen (secondary N) is 1. The van der Waals surface area contributed by atoms with Crippen molar-refractivity contribution >= 4 is 5.91 Å². The Kier molecular flexibility index (Phi) is 9.49. The van der Waals surface area contributed by atoms with Gasteiger partial charge in [-0.15, -0.1) is 0 Å². The predicted octanol–water partition coefficient (Wildman–Crippen LogP) is 4.29. The number of fused-ring (bicyclic) bond motifs is 2. The van der Waals surface area contributed by atoms with Gasteiger partial charge in [-0.3, -0.25) is 9.63 Å². The van der Waals surface area contributed by atoms with E-state index in [0.717, 1.165) is 44.9 Å². The molecular formula is C34H56N2O5. The summed E-state index contributed by atoms with van der Waals surface area (Å²) in [6.45, 7) is 10.9. The summed E-state index contributed by atoms with van der Waals surface area (Å²) in [6, 6.07) is -0.501. The highest BCUT2D eigenvalue weighted by Crippen LogP contribution is 2.61. The highest BCUT2D eigenvalue weighted by molar-refractivity contribution is 5.82. The SMILES string of the molecule is C[C@@H]1[C@@H](NC(=O)[C@@H]2[C@H]([C@H](C)O)[C@H](CO)ON2CC2CCCC(C#CC(C)(O)C3CCCCC3)C2)C[C@H]2C[C@@H]1C2(C)C. The standard InChI is InChI=1S/C34H56N2O5/c1-21-27-17-26(33(27,3)4)18-28(21)35-32(39)31-30(22(2)38)29(20-37)41-36(31)19-24-11-9-10-23(16-24)14-15-34(5,40)25-12-7-6-8-13-25/h21-31,37-38,40H,6-13,16-20H2,1-5H3,(H,35,39)/t21-,22-,23?,24?,26+,27-,28-,29-,30+,31-,34?/m0/s1. The molecule has 11 atom stereocenters. The van der Waals surface area contributed by atoms with E-state index in [-0.39, 0.29) is 30.4 Å². The molecular weight excluding hydrogens is 516 g/mol. The number of nitrogens with zero attached hydrogens (tertiary/aromatic N) is 1. The molecule has 6 fully saturated rings. The van der Waals surface area contributed by atoms with Crippen molar-refractivity contribution in [2.24, 2.45) is 46.8 Å². The van der Waals surface area contributed by atoms with Crippen LogP contribution >= 0.6 is 0 Å². The second kappa shape index (κ2) is 12.4. The van der Waals surface area contributed by atoms with E-state index in [1.165, 1.54) is 25.7 Å². The van der Waals surface area contributed by atoms with E-state index in [4.69, 9.17) is 4.84 Å². The van der Waals surface area contributed by atoms with Crippen LogP contribution in [0.1, 0.15) is 105 Å². The summed E-state index contributed by atoms with van der Waals surface area (Å²) in [6.07, 6.45) is 10.6. The third kappa shape index (κ3) is 6.38. The smallest absolute Gasteiger partial charge is 0.240 e. The summed E-state index contributed by atoms with van der Waals surface area (Å²) < 4.78 is 0. The van der Waals surface area contributed by atoms with Gasteiger partial charge in [-0.25, -0.2) is 0 Å². The Balaban J connectivity index is 1.25. The molecule has 1 amide bonds. The molecule has 3 unspecified atom stereocenters. The lowest BCUT2D eigenvalue weighted by atomic mass is 9.45. The molecule has 4 N–H and O–H groups in total. The van der Waals surface area contributed by atoms with Gasteiger partial charge in [0.2, 0.25) is 5.91 Å². The molecule has 1 heterocycles. The monoisotopic (exact) mass is 572 g/mol. The van der Waals surface area contributed by atoms with Gasteiger partial charge < -0.3 is 20.6 Å². The molecule has 7 nitrogen and oxygen atoms in total. The van der Waals surface area contributed by atoms with Crippen LogP contribution in [0.2, 0.25) is 0 Å². The van der Waals surface area contributed by atoms with Gasteiger partial charge in [-0.1, -0.05) is 58.3 Å². The van der Waals surface area contributed by atoms with Crippen molar-refractivity contribution in [3.63, 3.8) is 0 Å². The van der Waals surface area contributed by atoms with Crippen LogP contribution in [0.4, 0.5) is 0 Å². The minimum Gasteiger partial charge on any atom is -0.394 e. The molecule has 7 heteroatoms. The van der Waals surface area contributed by atoms with Crippen molar-refractivity contribution in [3.05, 3.63) is 0 Å². The van der Waals surface area contributed by atoms with Gasteiger partial charge in [-0.05, 0) is 93.8 Å². The normalized spacial score (nSPS) is 41.4. The first-order valence-corrected chi connectivity index (χ1v) is 16.7. The minimum absolute atomic E-state index is 0.0847. The molecule has 6 aliphatic rings. The molecule has 41 heavy (non-hydrogen) atoms. The molecule has 5 aliphatic carbocycles. The van der Waals surface area contributed by atoms with E-state index in [1.54, 1.807) is 12.0 Å². The average Bonchev–Trinajstić information content (AvgIpc) is 3.32. The highest BCUT2D eigenvalue weighted by Gasteiger charge is 2.57. The molecule has 0 aromatic carbocycles. The predicted molar refractivity (Wildman–Crippen MR) is 159 cm³/mol. The van der Waals surface area contributed by atoms with Gasteiger partial charge in [0.25, 0.3) is 0 Å². The highest BCUT2D eigenvalue weighted by atomic mass is 16.7. The number of carbonyl (C=O) groups is 1. The molecule has 0 radical (unpaired) electrons. The Morgan fingerprint density at radius 3 is 2.49 bits per heavy atom. The minimum atomic E-state index is -0.931. The summed E-state index contributed by atoms with van der Waals surface area (Å²) in [7, 11) is 0. The maximum atomic E-state index is 13.9. The molecule has 0 aromatic heterocycles. The largest absolute Gasteiger partial charge is 0.394 e. The van der Waals surface area contributed by atoms with Crippen LogP contribution in [-0.4, -0.2) is 69.3 Å². The van der Waals surface area contributed by atoms with Crippen molar-refractivity contribution < 1.29 is 25.0 Å². The number of aliphatic hydroxyl groups excluding tert-OH is 2. The van der Waals surface area contributed by atoms with E-state index < -0.39 is 29.8 Å². The number of hydrogen-bond donors (Lipinski definition) is 4. The Labute approximate surface area is 248 Å². The van der Waals surface area contributed by atoms with Crippen molar-refractivity contribution in [1.82, 2.24) is 10.4 Å². The van der Waals surface area contributed by atoms with Crippen LogP contribution in [0.15, 0.2) is 0 Å². The van der Waals surface area contributed by atoms with Crippen molar-refractivity contribution in [3.8, 4) is 11.8 Å². The third-order valence-electron chi connectivity index (χ3n) is 12.2. The summed E-state index contributed by atoms with van der Waals surface area (Å²) in [5.74, 6) is 8.60. The molecule has 0 aromatic rings. The molecule has 232 valence electrons. The Morgan fingerprint density at radius 2 is 1.85 bits per heavy atom. The zero-order valence-corrected chi connectivity index (χ0v) is 26.1. The number of aliphatic hydroxyl groups is 3. The molecule has 2 bridgehead atoms. The number of amides is 1. The topological polar surface area (TPSA) is 102 Å². The van der Waals surface area contributed by atoms with Crippen molar-refractivity contribution in [1.29, 1.82) is 0 Å². The average molecular weight is 573 g/mol. The fourth-order valence-electron chi connectivity index (χ4n) is 9.36. The summed E-state index contributed by atoms with van der Waals surface area (Å²) >= 11 is 0. The van der Waals surface area contributed by atoms with E-state index in [1.807, 2.05) is 6.92 Å². The van der Waals surface area contributed by atoms with Gasteiger partial charge >= 0.3 is 0 Å². The summed E-state index contributed by atoms with van der Waals surface area (Å²) in [5.41, 5.74) is -0.586. The Morgan fingerprint density at radius 1 is 1.12 bits per heavy atom. The summed E-state index contributed by atoms with van der Waals surface area (Å²) in [4.78, 5) is 20.1. The maximum absolute atomic E-state index is 13.9. The second-order valence-corrected chi connectivity index (χ2v) is 15.2. The second-order valence-electron chi connectivity index (χ2n) is 15.2. The quantitative estimate of drug-likeness (QED) is 0.340. The third-order valence-corrected chi connectivity index (χ3v) is 12.2. The first-order valence-electron chi connectivity index (χ1n) is 16.7. The Hall–Kier alpha value is -1.17. The molecule has 6 rings (SSSR count). The Bertz CT molecular complexity index is 979. The van der Waals surface area contributed by atoms with Gasteiger partial charge in [0, 0.05) is 24.4 Å². The zero-order valence-electron chi connectivity index (χ0n) is 26.1. The zero-order chi connectivity index (χ0) is 29.5. The first kappa shape index (κ1) is 31.3. The molecule has 5 saturated carbocycles. The van der Waals surface area contributed by atoms with Gasteiger partial charge in [0.05, 0.1) is 12.7 Å². The summed E-state index contributed by atoms with van der Waals surface area (Å²) in [5, 5.41) is 37.1. The first-order chi connectivity index (χ1) is 19.4. The van der Waals surface area contributed by atoms with Crippen LogP contribution in [0.3, 0.4) is 0 Å². The fourth-order valence-corrected chi connectivity index (χ4v) is 9.36. The van der Waals surface area contributed by atoms with Crippen LogP contribution in [0.25, 0.3) is 0 Å².